The minimum Gasteiger partial charge on any atom is -0.480 e. The van der Waals surface area contributed by atoms with E-state index in [-0.39, 0.29) is 18.5 Å². The van der Waals surface area contributed by atoms with Gasteiger partial charge in [0.05, 0.1) is 0 Å². The van der Waals surface area contributed by atoms with Crippen molar-refractivity contribution >= 4 is 17.9 Å². The molecule has 1 aliphatic rings. The minimum atomic E-state index is -1.06. The summed E-state index contributed by atoms with van der Waals surface area (Å²) in [6, 6.07) is -0.893. The summed E-state index contributed by atoms with van der Waals surface area (Å²) >= 11 is 0. The fourth-order valence-corrected chi connectivity index (χ4v) is 2.01. The molecule has 1 atom stereocenters. The van der Waals surface area contributed by atoms with Crippen LogP contribution >= 0.6 is 0 Å². The van der Waals surface area contributed by atoms with Crippen molar-refractivity contribution in [2.45, 2.75) is 26.3 Å². The third-order valence-corrected chi connectivity index (χ3v) is 2.94. The van der Waals surface area contributed by atoms with Crippen molar-refractivity contribution in [3.8, 4) is 0 Å². The van der Waals surface area contributed by atoms with Crippen LogP contribution in [0.4, 0.5) is 4.79 Å². The fraction of sp³-hybridized carbons (Fsp3) is 0.727. The second-order valence-corrected chi connectivity index (χ2v) is 4.10. The summed E-state index contributed by atoms with van der Waals surface area (Å²) in [7, 11) is 0. The summed E-state index contributed by atoms with van der Waals surface area (Å²) in [6.45, 7) is 4.32. The predicted octanol–water partition coefficient (Wildman–Crippen LogP) is -0.277. The van der Waals surface area contributed by atoms with Crippen LogP contribution in [0.25, 0.3) is 0 Å². The molecule has 0 aromatic heterocycles. The molecule has 0 aromatic carbocycles. The van der Waals surface area contributed by atoms with Gasteiger partial charge in [-0.3, -0.25) is 9.59 Å². The van der Waals surface area contributed by atoms with E-state index in [9.17, 15) is 14.4 Å². The van der Waals surface area contributed by atoms with E-state index in [0.717, 1.165) is 0 Å². The summed E-state index contributed by atoms with van der Waals surface area (Å²) in [5.74, 6) is -1.23. The molecule has 1 rings (SSSR count). The molecule has 1 fully saturated rings. The number of nitrogens with zero attached hydrogens (tertiary/aromatic N) is 2. The molecule has 0 saturated carbocycles. The lowest BCUT2D eigenvalue weighted by Gasteiger charge is -2.37. The molecule has 18 heavy (non-hydrogen) atoms. The Hall–Kier alpha value is -1.79. The van der Waals surface area contributed by atoms with Crippen LogP contribution in [0.15, 0.2) is 0 Å². The second kappa shape index (κ2) is 6.23. The number of aliphatic carboxylic acids is 1. The van der Waals surface area contributed by atoms with Gasteiger partial charge in [0, 0.05) is 19.6 Å². The molecular weight excluding hydrogens is 238 g/mol. The number of rotatable bonds is 4. The number of hydrogen-bond acceptors (Lipinski definition) is 3. The highest BCUT2D eigenvalue weighted by atomic mass is 16.4. The van der Waals surface area contributed by atoms with E-state index in [1.807, 2.05) is 6.92 Å². The van der Waals surface area contributed by atoms with Crippen molar-refractivity contribution in [1.29, 1.82) is 0 Å². The van der Waals surface area contributed by atoms with Crippen LogP contribution in [-0.2, 0) is 9.59 Å². The van der Waals surface area contributed by atoms with Gasteiger partial charge in [0.15, 0.2) is 0 Å². The molecular formula is C11H19N3O4. The normalized spacial score (nSPS) is 19.3. The minimum absolute atomic E-state index is 0.177. The molecule has 0 aliphatic carbocycles. The van der Waals surface area contributed by atoms with E-state index in [1.54, 1.807) is 6.92 Å². The number of hydrogen-bond donors (Lipinski definition) is 2. The highest BCUT2D eigenvalue weighted by Gasteiger charge is 2.34. The molecule has 0 spiro atoms. The smallest absolute Gasteiger partial charge is 0.323 e. The van der Waals surface area contributed by atoms with Gasteiger partial charge in [-0.25, -0.2) is 4.79 Å². The Balaban J connectivity index is 2.79. The Bertz CT molecular complexity index is 345. The molecule has 1 unspecified atom stereocenters. The summed E-state index contributed by atoms with van der Waals surface area (Å²) in [4.78, 5) is 37.2. The van der Waals surface area contributed by atoms with Crippen LogP contribution in [-0.4, -0.2) is 65.0 Å². The van der Waals surface area contributed by atoms with E-state index < -0.39 is 12.0 Å². The molecule has 0 aromatic rings. The summed E-state index contributed by atoms with van der Waals surface area (Å²) in [6.07, 6.45) is 0.516. The number of carboxylic acids is 1. The highest BCUT2D eigenvalue weighted by Crippen LogP contribution is 2.11. The summed E-state index contributed by atoms with van der Waals surface area (Å²) in [5.41, 5.74) is 0. The van der Waals surface area contributed by atoms with E-state index in [4.69, 9.17) is 5.11 Å². The van der Waals surface area contributed by atoms with Gasteiger partial charge < -0.3 is 20.2 Å². The van der Waals surface area contributed by atoms with Gasteiger partial charge in [-0.1, -0.05) is 6.92 Å². The van der Waals surface area contributed by atoms with E-state index in [0.29, 0.717) is 26.1 Å². The quantitative estimate of drug-likeness (QED) is 0.725. The lowest BCUT2D eigenvalue weighted by Crippen LogP contribution is -2.60. The molecule has 1 heterocycles. The summed E-state index contributed by atoms with van der Waals surface area (Å²) in [5, 5.41) is 11.4. The topological polar surface area (TPSA) is 90.0 Å². The van der Waals surface area contributed by atoms with Gasteiger partial charge in [0.1, 0.15) is 12.6 Å². The lowest BCUT2D eigenvalue weighted by atomic mass is 10.1. The van der Waals surface area contributed by atoms with Crippen molar-refractivity contribution in [3.63, 3.8) is 0 Å². The van der Waals surface area contributed by atoms with Gasteiger partial charge in [-0.05, 0) is 13.3 Å². The molecule has 0 radical (unpaired) electrons. The largest absolute Gasteiger partial charge is 0.480 e. The number of carboxylic acid groups (broad SMARTS) is 1. The number of likely N-dealkylation sites (N-methyl/N-ethyl adjacent to an activating group) is 1. The highest BCUT2D eigenvalue weighted by molar-refractivity contribution is 5.89. The Morgan fingerprint density at radius 1 is 1.50 bits per heavy atom. The van der Waals surface area contributed by atoms with Gasteiger partial charge in [0.2, 0.25) is 5.91 Å². The number of piperazine rings is 1. The van der Waals surface area contributed by atoms with Crippen LogP contribution in [0.5, 0.6) is 0 Å². The Morgan fingerprint density at radius 3 is 2.67 bits per heavy atom. The Kier molecular flexibility index (Phi) is 4.94. The average Bonchev–Trinajstić information content (AvgIpc) is 2.34. The first-order valence-corrected chi connectivity index (χ1v) is 6.06. The zero-order valence-electron chi connectivity index (χ0n) is 10.7. The number of carbonyl (C=O) groups is 3. The van der Waals surface area contributed by atoms with Crippen molar-refractivity contribution in [2.24, 2.45) is 0 Å². The second-order valence-electron chi connectivity index (χ2n) is 4.10. The molecule has 3 amide bonds. The standard InChI is InChI=1S/C11H19N3O4/c1-3-8-10(17)12-5-6-14(8)11(18)13(4-2)7-9(15)16/h8H,3-7H2,1-2H3,(H,12,17)(H,15,16). The van der Waals surface area contributed by atoms with Crippen LogP contribution in [0.2, 0.25) is 0 Å². The molecule has 0 bridgehead atoms. The van der Waals surface area contributed by atoms with Crippen molar-refractivity contribution < 1.29 is 19.5 Å². The maximum Gasteiger partial charge on any atom is 0.323 e. The molecule has 7 nitrogen and oxygen atoms in total. The molecule has 1 aliphatic heterocycles. The lowest BCUT2D eigenvalue weighted by molar-refractivity contribution is -0.137. The van der Waals surface area contributed by atoms with Gasteiger partial charge in [-0.2, -0.15) is 0 Å². The number of nitrogens with one attached hydrogen (secondary N) is 1. The number of amides is 3. The van der Waals surface area contributed by atoms with E-state index in [2.05, 4.69) is 5.32 Å². The number of carbonyl (C=O) groups excluding carboxylic acids is 2. The van der Waals surface area contributed by atoms with E-state index >= 15 is 0 Å². The number of urea groups is 1. The Labute approximate surface area is 106 Å². The van der Waals surface area contributed by atoms with Crippen molar-refractivity contribution in [3.05, 3.63) is 0 Å². The van der Waals surface area contributed by atoms with Crippen molar-refractivity contribution in [1.82, 2.24) is 15.1 Å². The van der Waals surface area contributed by atoms with Gasteiger partial charge in [0.25, 0.3) is 0 Å². The zero-order chi connectivity index (χ0) is 13.7. The zero-order valence-corrected chi connectivity index (χ0v) is 10.7. The first-order valence-electron chi connectivity index (χ1n) is 6.06. The van der Waals surface area contributed by atoms with Gasteiger partial charge in [-0.15, -0.1) is 0 Å². The van der Waals surface area contributed by atoms with E-state index in [1.165, 1.54) is 9.80 Å². The van der Waals surface area contributed by atoms with Crippen LogP contribution < -0.4 is 5.32 Å². The maximum absolute atomic E-state index is 12.2. The average molecular weight is 257 g/mol. The van der Waals surface area contributed by atoms with Crippen LogP contribution in [0.3, 0.4) is 0 Å². The molecule has 1 saturated heterocycles. The first kappa shape index (κ1) is 14.3. The fourth-order valence-electron chi connectivity index (χ4n) is 2.01. The summed E-state index contributed by atoms with van der Waals surface area (Å²) < 4.78 is 0. The van der Waals surface area contributed by atoms with Crippen LogP contribution in [0, 0.1) is 0 Å². The predicted molar refractivity (Wildman–Crippen MR) is 64.1 cm³/mol. The Morgan fingerprint density at radius 2 is 2.17 bits per heavy atom. The SMILES string of the molecule is CCC1C(=O)NCCN1C(=O)N(CC)CC(=O)O. The first-order chi connectivity index (χ1) is 8.51. The maximum atomic E-state index is 12.2. The van der Waals surface area contributed by atoms with Crippen LogP contribution in [0.1, 0.15) is 20.3 Å². The van der Waals surface area contributed by atoms with Crippen molar-refractivity contribution in [2.75, 3.05) is 26.2 Å². The third-order valence-electron chi connectivity index (χ3n) is 2.94. The molecule has 2 N–H and O–H groups in total. The van der Waals surface area contributed by atoms with Gasteiger partial charge >= 0.3 is 12.0 Å². The molecule has 7 heteroatoms. The monoisotopic (exact) mass is 257 g/mol. The molecule has 102 valence electrons. The third kappa shape index (κ3) is 3.12.